The van der Waals surface area contributed by atoms with E-state index >= 15 is 0 Å². The van der Waals surface area contributed by atoms with Crippen molar-refractivity contribution in [3.05, 3.63) is 40.4 Å². The van der Waals surface area contributed by atoms with Gasteiger partial charge in [0.1, 0.15) is 0 Å². The predicted octanol–water partition coefficient (Wildman–Crippen LogP) is 2.89. The Labute approximate surface area is 168 Å². The van der Waals surface area contributed by atoms with E-state index in [0.29, 0.717) is 29.1 Å². The third-order valence-electron chi connectivity index (χ3n) is 3.63. The van der Waals surface area contributed by atoms with E-state index in [2.05, 4.69) is 20.8 Å². The molecule has 0 saturated heterocycles. The van der Waals surface area contributed by atoms with Crippen LogP contribution in [0.2, 0.25) is 0 Å². The molecule has 1 heterocycles. The molecule has 0 spiro atoms. The van der Waals surface area contributed by atoms with Crippen molar-refractivity contribution in [2.75, 3.05) is 25.2 Å². The number of thiazole rings is 1. The van der Waals surface area contributed by atoms with Crippen LogP contribution in [0.15, 0.2) is 28.7 Å². The number of aromatic nitrogens is 1. The van der Waals surface area contributed by atoms with Crippen molar-refractivity contribution < 1.29 is 9.53 Å². The van der Waals surface area contributed by atoms with E-state index in [1.807, 2.05) is 37.4 Å². The number of rotatable bonds is 7. The zero-order chi connectivity index (χ0) is 19.8. The van der Waals surface area contributed by atoms with Gasteiger partial charge in [-0.05, 0) is 37.2 Å². The number of nitrogens with one attached hydrogen (secondary N) is 2. The summed E-state index contributed by atoms with van der Waals surface area (Å²) in [6.45, 7) is 6.65. The number of hydrogen-bond donors (Lipinski definition) is 2. The zero-order valence-corrected chi connectivity index (χ0v) is 17.4. The molecule has 9 heteroatoms. The third kappa shape index (κ3) is 5.81. The molecule has 0 aliphatic carbocycles. The van der Waals surface area contributed by atoms with Gasteiger partial charge in [0, 0.05) is 26.0 Å². The van der Waals surface area contributed by atoms with Gasteiger partial charge in [0.15, 0.2) is 10.2 Å². The molecule has 2 aromatic rings. The number of carbonyl (C=O) groups is 1. The summed E-state index contributed by atoms with van der Waals surface area (Å²) in [6, 6.07) is 5.94. The maximum Gasteiger partial charge on any atom is 0.230 e. The maximum absolute atomic E-state index is 12.3. The SMILES string of the molecule is COCCNC(=S)N/N=C\c1csc(N(C(C)=O)c2c(C)cccc2C)n1. The number of nitrogens with zero attached hydrogens (tertiary/aromatic N) is 3. The van der Waals surface area contributed by atoms with Crippen LogP contribution in [0.25, 0.3) is 0 Å². The molecule has 0 saturated carbocycles. The summed E-state index contributed by atoms with van der Waals surface area (Å²) < 4.78 is 4.93. The predicted molar refractivity (Wildman–Crippen MR) is 114 cm³/mol. The molecule has 0 fully saturated rings. The summed E-state index contributed by atoms with van der Waals surface area (Å²) in [5.41, 5.74) is 6.26. The first-order valence-electron chi connectivity index (χ1n) is 8.32. The average molecular weight is 406 g/mol. The molecular formula is C18H23N5O2S2. The number of thiocarbonyl (C=S) groups is 1. The normalized spacial score (nSPS) is 10.8. The van der Waals surface area contributed by atoms with Gasteiger partial charge in [0.2, 0.25) is 5.91 Å². The molecule has 1 aromatic carbocycles. The van der Waals surface area contributed by atoms with Gasteiger partial charge in [-0.1, -0.05) is 18.2 Å². The second kappa shape index (κ2) is 10.1. The number of ether oxygens (including phenoxy) is 1. The highest BCUT2D eigenvalue weighted by Crippen LogP contribution is 2.33. The second-order valence-electron chi connectivity index (χ2n) is 5.77. The monoisotopic (exact) mass is 405 g/mol. The molecule has 0 unspecified atom stereocenters. The van der Waals surface area contributed by atoms with Crippen molar-refractivity contribution in [2.24, 2.45) is 5.10 Å². The Morgan fingerprint density at radius 1 is 1.41 bits per heavy atom. The molecular weight excluding hydrogens is 382 g/mol. The first-order chi connectivity index (χ1) is 12.9. The van der Waals surface area contributed by atoms with Crippen molar-refractivity contribution in [3.8, 4) is 0 Å². The first-order valence-corrected chi connectivity index (χ1v) is 9.61. The summed E-state index contributed by atoms with van der Waals surface area (Å²) in [4.78, 5) is 18.4. The fourth-order valence-corrected chi connectivity index (χ4v) is 3.43. The van der Waals surface area contributed by atoms with Gasteiger partial charge in [0.25, 0.3) is 0 Å². The van der Waals surface area contributed by atoms with Crippen LogP contribution in [0.3, 0.4) is 0 Å². The quantitative estimate of drug-likeness (QED) is 0.319. The Morgan fingerprint density at radius 2 is 2.11 bits per heavy atom. The van der Waals surface area contributed by atoms with Crippen LogP contribution in [0.1, 0.15) is 23.7 Å². The molecule has 1 amide bonds. The lowest BCUT2D eigenvalue weighted by Gasteiger charge is -2.22. The fourth-order valence-electron chi connectivity index (χ4n) is 2.45. The van der Waals surface area contributed by atoms with E-state index in [-0.39, 0.29) is 5.91 Å². The van der Waals surface area contributed by atoms with Gasteiger partial charge < -0.3 is 10.1 Å². The van der Waals surface area contributed by atoms with Crippen LogP contribution in [0.4, 0.5) is 10.8 Å². The standard InChI is InChI=1S/C18H23N5O2S2/c1-12-6-5-7-13(2)16(12)23(14(3)24)18-21-15(11-27-18)10-20-22-17(26)19-8-9-25-4/h5-7,10-11H,8-9H2,1-4H3,(H2,19,22,26)/b20-10-. The fraction of sp³-hybridized carbons (Fsp3) is 0.333. The molecule has 2 rings (SSSR count). The third-order valence-corrected chi connectivity index (χ3v) is 4.71. The molecule has 144 valence electrons. The number of benzene rings is 1. The number of anilines is 2. The lowest BCUT2D eigenvalue weighted by molar-refractivity contribution is -0.115. The van der Waals surface area contributed by atoms with Crippen LogP contribution in [-0.4, -0.2) is 42.5 Å². The van der Waals surface area contributed by atoms with Gasteiger partial charge in [-0.25, -0.2) is 4.98 Å². The second-order valence-corrected chi connectivity index (χ2v) is 7.01. The molecule has 0 aliphatic heterocycles. The number of aryl methyl sites for hydroxylation is 2. The van der Waals surface area contributed by atoms with Crippen LogP contribution in [0.5, 0.6) is 0 Å². The lowest BCUT2D eigenvalue weighted by atomic mass is 10.1. The summed E-state index contributed by atoms with van der Waals surface area (Å²) in [5, 5.41) is 9.86. The molecule has 0 aliphatic rings. The van der Waals surface area contributed by atoms with E-state index in [9.17, 15) is 4.79 Å². The number of hydrazone groups is 1. The Morgan fingerprint density at radius 3 is 2.74 bits per heavy atom. The minimum absolute atomic E-state index is 0.0908. The Balaban J connectivity index is 2.11. The zero-order valence-electron chi connectivity index (χ0n) is 15.8. The van der Waals surface area contributed by atoms with Gasteiger partial charge in [-0.2, -0.15) is 5.10 Å². The summed E-state index contributed by atoms with van der Waals surface area (Å²) in [7, 11) is 1.62. The largest absolute Gasteiger partial charge is 0.383 e. The molecule has 0 atom stereocenters. The molecule has 0 radical (unpaired) electrons. The summed E-state index contributed by atoms with van der Waals surface area (Å²) in [6.07, 6.45) is 1.56. The highest BCUT2D eigenvalue weighted by atomic mass is 32.1. The van der Waals surface area contributed by atoms with E-state index in [1.165, 1.54) is 18.3 Å². The van der Waals surface area contributed by atoms with Gasteiger partial charge in [-0.3, -0.25) is 15.1 Å². The van der Waals surface area contributed by atoms with Crippen LogP contribution >= 0.6 is 23.6 Å². The molecule has 0 bridgehead atoms. The molecule has 27 heavy (non-hydrogen) atoms. The van der Waals surface area contributed by atoms with Crippen molar-refractivity contribution in [1.29, 1.82) is 0 Å². The number of amides is 1. The Kier molecular flexibility index (Phi) is 7.83. The number of para-hydroxylation sites is 1. The van der Waals surface area contributed by atoms with E-state index in [1.54, 1.807) is 18.2 Å². The molecule has 7 nitrogen and oxygen atoms in total. The molecule has 2 N–H and O–H groups in total. The van der Waals surface area contributed by atoms with E-state index in [4.69, 9.17) is 17.0 Å². The Hall–Kier alpha value is -2.36. The van der Waals surface area contributed by atoms with Crippen LogP contribution in [-0.2, 0) is 9.53 Å². The number of methoxy groups -OCH3 is 1. The Bertz CT molecular complexity index is 815. The summed E-state index contributed by atoms with van der Waals surface area (Å²) in [5.74, 6) is -0.0908. The van der Waals surface area contributed by atoms with E-state index < -0.39 is 0 Å². The minimum Gasteiger partial charge on any atom is -0.383 e. The first kappa shape index (κ1) is 20.9. The highest BCUT2D eigenvalue weighted by molar-refractivity contribution is 7.80. The van der Waals surface area contributed by atoms with Gasteiger partial charge >= 0.3 is 0 Å². The van der Waals surface area contributed by atoms with Crippen molar-refractivity contribution in [3.63, 3.8) is 0 Å². The average Bonchev–Trinajstić information content (AvgIpc) is 3.06. The highest BCUT2D eigenvalue weighted by Gasteiger charge is 2.21. The van der Waals surface area contributed by atoms with Crippen LogP contribution in [0, 0.1) is 13.8 Å². The van der Waals surface area contributed by atoms with Gasteiger partial charge in [-0.15, -0.1) is 11.3 Å². The van der Waals surface area contributed by atoms with Gasteiger partial charge in [0.05, 0.1) is 24.2 Å². The topological polar surface area (TPSA) is 78.9 Å². The maximum atomic E-state index is 12.3. The van der Waals surface area contributed by atoms with Crippen molar-refractivity contribution in [2.45, 2.75) is 20.8 Å². The van der Waals surface area contributed by atoms with Crippen LogP contribution < -0.4 is 15.6 Å². The van der Waals surface area contributed by atoms with E-state index in [0.717, 1.165) is 16.8 Å². The smallest absolute Gasteiger partial charge is 0.230 e. The number of carbonyl (C=O) groups excluding carboxylic acids is 1. The van der Waals surface area contributed by atoms with Crippen molar-refractivity contribution >= 4 is 51.6 Å². The summed E-state index contributed by atoms with van der Waals surface area (Å²) >= 11 is 6.48. The minimum atomic E-state index is -0.0908. The molecule has 1 aromatic heterocycles. The lowest BCUT2D eigenvalue weighted by Crippen LogP contribution is -2.34. The van der Waals surface area contributed by atoms with Crippen molar-refractivity contribution in [1.82, 2.24) is 15.7 Å². The number of hydrogen-bond acceptors (Lipinski definition) is 6.